The van der Waals surface area contributed by atoms with Gasteiger partial charge in [0.05, 0.1) is 16.1 Å². The molecule has 28 heavy (non-hydrogen) atoms. The summed E-state index contributed by atoms with van der Waals surface area (Å²) in [5, 5.41) is -0.499. The molecule has 0 bridgehead atoms. The zero-order chi connectivity index (χ0) is 20.3. The minimum atomic E-state index is -4.62. The first kappa shape index (κ1) is 19.8. The second kappa shape index (κ2) is 7.98. The fourth-order valence-corrected chi connectivity index (χ4v) is 3.09. The number of hydrogen-bond acceptors (Lipinski definition) is 3. The van der Waals surface area contributed by atoms with E-state index in [-0.39, 0.29) is 17.0 Å². The third-order valence-electron chi connectivity index (χ3n) is 4.03. The van der Waals surface area contributed by atoms with Crippen LogP contribution in [-0.4, -0.2) is 22.8 Å². The molecular formula is C20H15ClF3N3O. The van der Waals surface area contributed by atoms with Gasteiger partial charge in [-0.2, -0.15) is 18.2 Å². The zero-order valence-electron chi connectivity index (χ0n) is 14.7. The first-order valence-corrected chi connectivity index (χ1v) is 8.62. The molecule has 8 heteroatoms. The van der Waals surface area contributed by atoms with Crippen molar-refractivity contribution < 1.29 is 13.2 Å². The molecule has 0 N–H and O–H groups in total. The lowest BCUT2D eigenvalue weighted by Gasteiger charge is -2.17. The molecule has 0 aliphatic heterocycles. The molecule has 0 amide bonds. The summed E-state index contributed by atoms with van der Waals surface area (Å²) >= 11 is 6.05. The molecule has 0 atom stereocenters. The maximum absolute atomic E-state index is 13.2. The van der Waals surface area contributed by atoms with Gasteiger partial charge in [0.25, 0.3) is 5.56 Å². The summed E-state index contributed by atoms with van der Waals surface area (Å²) in [4.78, 5) is 20.2. The van der Waals surface area contributed by atoms with Gasteiger partial charge in [0.2, 0.25) is 0 Å². The normalized spacial score (nSPS) is 11.9. The fraction of sp³-hybridized carbons (Fsp3) is 0.150. The average molecular weight is 406 g/mol. The van der Waals surface area contributed by atoms with Crippen LogP contribution in [0.25, 0.3) is 11.4 Å². The molecule has 0 fully saturated rings. The van der Waals surface area contributed by atoms with Crippen molar-refractivity contribution in [3.8, 4) is 11.4 Å². The number of hydrogen-bond donors (Lipinski definition) is 0. The summed E-state index contributed by atoms with van der Waals surface area (Å²) in [5.74, 6) is 0.0539. The van der Waals surface area contributed by atoms with Crippen molar-refractivity contribution >= 4 is 17.8 Å². The molecule has 2 aromatic carbocycles. The van der Waals surface area contributed by atoms with Crippen LogP contribution in [-0.2, 0) is 12.7 Å². The Morgan fingerprint density at radius 1 is 1.14 bits per heavy atom. The van der Waals surface area contributed by atoms with Crippen LogP contribution in [0.4, 0.5) is 13.2 Å². The molecule has 0 unspecified atom stereocenters. The minimum absolute atomic E-state index is 0.0320. The van der Waals surface area contributed by atoms with Crippen LogP contribution in [0.15, 0.2) is 64.5 Å². The van der Waals surface area contributed by atoms with E-state index in [9.17, 15) is 18.0 Å². The molecule has 1 aromatic heterocycles. The van der Waals surface area contributed by atoms with Gasteiger partial charge in [-0.25, -0.2) is 0 Å². The molecule has 0 saturated carbocycles. The molecular weight excluding hydrogens is 391 g/mol. The summed E-state index contributed by atoms with van der Waals surface area (Å²) in [7, 11) is 1.51. The molecule has 0 spiro atoms. The van der Waals surface area contributed by atoms with Crippen molar-refractivity contribution in [1.29, 1.82) is 0 Å². The fourth-order valence-electron chi connectivity index (χ4n) is 2.78. The Kier molecular flexibility index (Phi) is 5.65. The lowest BCUT2D eigenvalue weighted by molar-refractivity contribution is -0.137. The van der Waals surface area contributed by atoms with Gasteiger partial charge >= 0.3 is 6.18 Å². The van der Waals surface area contributed by atoms with E-state index in [0.717, 1.165) is 11.6 Å². The number of aliphatic imine (C=N–C) groups is 1. The Labute approximate surface area is 164 Å². The van der Waals surface area contributed by atoms with Crippen LogP contribution in [0.3, 0.4) is 0 Å². The van der Waals surface area contributed by atoms with Crippen molar-refractivity contribution in [1.82, 2.24) is 9.55 Å². The topological polar surface area (TPSA) is 47.2 Å². The van der Waals surface area contributed by atoms with Gasteiger partial charge in [-0.15, -0.1) is 0 Å². The van der Waals surface area contributed by atoms with Gasteiger partial charge in [-0.3, -0.25) is 9.79 Å². The van der Waals surface area contributed by atoms with E-state index in [4.69, 9.17) is 11.6 Å². The Morgan fingerprint density at radius 2 is 1.86 bits per heavy atom. The monoisotopic (exact) mass is 405 g/mol. The SMILES string of the molecule is C/N=C\c1cn(Cc2ccccc2)c(-c2cccc(C(F)(F)F)c2Cl)nc1=O. The van der Waals surface area contributed by atoms with Gasteiger partial charge in [0.15, 0.2) is 0 Å². The van der Waals surface area contributed by atoms with Gasteiger partial charge in [0, 0.05) is 31.6 Å². The Bertz CT molecular complexity index is 1080. The average Bonchev–Trinajstić information content (AvgIpc) is 2.65. The van der Waals surface area contributed by atoms with E-state index in [0.29, 0.717) is 6.54 Å². The van der Waals surface area contributed by atoms with Crippen molar-refractivity contribution in [3.05, 3.63) is 86.8 Å². The second-order valence-corrected chi connectivity index (χ2v) is 6.37. The quantitative estimate of drug-likeness (QED) is 0.592. The number of alkyl halides is 3. The highest BCUT2D eigenvalue weighted by atomic mass is 35.5. The number of nitrogens with zero attached hydrogens (tertiary/aromatic N) is 3. The predicted octanol–water partition coefficient (Wildman–Crippen LogP) is 4.68. The van der Waals surface area contributed by atoms with Crippen LogP contribution in [0.5, 0.6) is 0 Å². The molecule has 0 aliphatic carbocycles. The van der Waals surface area contributed by atoms with Gasteiger partial charge < -0.3 is 4.57 Å². The number of benzene rings is 2. The number of halogens is 4. The minimum Gasteiger partial charge on any atom is -0.327 e. The van der Waals surface area contributed by atoms with Gasteiger partial charge in [-0.05, 0) is 17.7 Å². The lowest BCUT2D eigenvalue weighted by atomic mass is 10.1. The smallest absolute Gasteiger partial charge is 0.327 e. The summed E-state index contributed by atoms with van der Waals surface area (Å²) in [6.45, 7) is 0.292. The predicted molar refractivity (Wildman–Crippen MR) is 103 cm³/mol. The molecule has 144 valence electrons. The van der Waals surface area contributed by atoms with E-state index in [1.807, 2.05) is 30.3 Å². The Morgan fingerprint density at radius 3 is 2.50 bits per heavy atom. The van der Waals surface area contributed by atoms with Crippen molar-refractivity contribution in [2.75, 3.05) is 7.05 Å². The standard InChI is InChI=1S/C20H15ClF3N3O/c1-25-10-14-12-27(11-13-6-3-2-4-7-13)18(26-19(14)28)15-8-5-9-16(17(15)21)20(22,23)24/h2-10,12H,11H2,1H3/b25-10-. The third-order valence-corrected chi connectivity index (χ3v) is 4.44. The molecule has 0 saturated heterocycles. The maximum atomic E-state index is 13.2. The number of rotatable bonds is 4. The second-order valence-electron chi connectivity index (χ2n) is 5.99. The van der Waals surface area contributed by atoms with Crippen LogP contribution in [0.1, 0.15) is 16.7 Å². The van der Waals surface area contributed by atoms with Crippen LogP contribution in [0.2, 0.25) is 5.02 Å². The van der Waals surface area contributed by atoms with E-state index < -0.39 is 22.3 Å². The van der Waals surface area contributed by atoms with Crippen LogP contribution in [0, 0.1) is 0 Å². The van der Waals surface area contributed by atoms with Gasteiger partial charge in [0.1, 0.15) is 5.82 Å². The molecule has 3 aromatic rings. The first-order valence-electron chi connectivity index (χ1n) is 8.25. The van der Waals surface area contributed by atoms with E-state index in [1.165, 1.54) is 31.6 Å². The summed E-state index contributed by atoms with van der Waals surface area (Å²) in [6.07, 6.45) is -1.75. The Balaban J connectivity index is 2.23. The zero-order valence-corrected chi connectivity index (χ0v) is 15.5. The lowest BCUT2D eigenvalue weighted by Crippen LogP contribution is -2.20. The highest BCUT2D eigenvalue weighted by Gasteiger charge is 2.34. The third kappa shape index (κ3) is 4.14. The van der Waals surface area contributed by atoms with E-state index >= 15 is 0 Å². The van der Waals surface area contributed by atoms with Crippen LogP contribution >= 0.6 is 11.6 Å². The largest absolute Gasteiger partial charge is 0.417 e. The molecule has 0 aliphatic rings. The first-order chi connectivity index (χ1) is 13.3. The van der Waals surface area contributed by atoms with Crippen molar-refractivity contribution in [2.24, 2.45) is 4.99 Å². The molecule has 4 nitrogen and oxygen atoms in total. The highest BCUT2D eigenvalue weighted by molar-refractivity contribution is 6.34. The van der Waals surface area contributed by atoms with E-state index in [1.54, 1.807) is 4.57 Å². The Hall–Kier alpha value is -2.93. The summed E-state index contributed by atoms with van der Waals surface area (Å²) in [6, 6.07) is 12.8. The van der Waals surface area contributed by atoms with Crippen LogP contribution < -0.4 is 5.56 Å². The summed E-state index contributed by atoms with van der Waals surface area (Å²) in [5.41, 5.74) is -0.434. The number of aromatic nitrogens is 2. The molecule has 1 heterocycles. The summed E-state index contributed by atoms with van der Waals surface area (Å²) < 4.78 is 41.3. The van der Waals surface area contributed by atoms with Crippen molar-refractivity contribution in [2.45, 2.75) is 12.7 Å². The maximum Gasteiger partial charge on any atom is 0.417 e. The van der Waals surface area contributed by atoms with E-state index in [2.05, 4.69) is 9.98 Å². The molecule has 3 rings (SSSR count). The molecule has 0 radical (unpaired) electrons. The highest BCUT2D eigenvalue weighted by Crippen LogP contribution is 2.39. The van der Waals surface area contributed by atoms with Crippen molar-refractivity contribution in [3.63, 3.8) is 0 Å². The van der Waals surface area contributed by atoms with Gasteiger partial charge in [-0.1, -0.05) is 48.0 Å².